The van der Waals surface area contributed by atoms with Crippen molar-refractivity contribution in [2.75, 3.05) is 45.8 Å². The molecule has 8 heteroatoms. The van der Waals surface area contributed by atoms with E-state index >= 15 is 0 Å². The summed E-state index contributed by atoms with van der Waals surface area (Å²) < 4.78 is 12.9. The van der Waals surface area contributed by atoms with Gasteiger partial charge in [-0.25, -0.2) is 9.97 Å². The summed E-state index contributed by atoms with van der Waals surface area (Å²) in [5, 5.41) is 1.06. The van der Waals surface area contributed by atoms with Gasteiger partial charge >= 0.3 is 0 Å². The Morgan fingerprint density at radius 3 is 2.77 bits per heavy atom. The molecular formula is C23H31N5O3. The van der Waals surface area contributed by atoms with Gasteiger partial charge in [-0.3, -0.25) is 4.79 Å². The van der Waals surface area contributed by atoms with Crippen LogP contribution in [0.25, 0.3) is 21.9 Å². The van der Waals surface area contributed by atoms with Gasteiger partial charge in [0.25, 0.3) is 0 Å². The monoisotopic (exact) mass is 425 g/mol. The van der Waals surface area contributed by atoms with Gasteiger partial charge in [-0.2, -0.15) is 0 Å². The molecular weight excluding hydrogens is 394 g/mol. The molecule has 4 rings (SSSR count). The van der Waals surface area contributed by atoms with Crippen LogP contribution in [0.3, 0.4) is 0 Å². The van der Waals surface area contributed by atoms with E-state index < -0.39 is 0 Å². The third-order valence-corrected chi connectivity index (χ3v) is 5.86. The number of morpholine rings is 1. The molecule has 3 aromatic rings. The smallest absolute Gasteiger partial charge is 0.222 e. The lowest BCUT2D eigenvalue weighted by Gasteiger charge is -2.26. The van der Waals surface area contributed by atoms with E-state index in [0.717, 1.165) is 53.6 Å². The molecule has 0 bridgehead atoms. The van der Waals surface area contributed by atoms with Crippen molar-refractivity contribution in [3.05, 3.63) is 30.1 Å². The average Bonchev–Trinajstić information content (AvgIpc) is 3.17. The molecule has 1 fully saturated rings. The first-order chi connectivity index (χ1) is 15.2. The molecule has 0 spiro atoms. The van der Waals surface area contributed by atoms with Gasteiger partial charge < -0.3 is 24.7 Å². The minimum Gasteiger partial charge on any atom is -0.384 e. The highest BCUT2D eigenvalue weighted by Gasteiger charge is 2.18. The fourth-order valence-electron chi connectivity index (χ4n) is 4.22. The first kappa shape index (κ1) is 21.5. The first-order valence-electron chi connectivity index (χ1n) is 11.1. The quantitative estimate of drug-likeness (QED) is 0.530. The molecule has 166 valence electrons. The maximum Gasteiger partial charge on any atom is 0.222 e. The number of nitrogens with zero attached hydrogens (tertiary/aromatic N) is 4. The predicted octanol–water partition coefficient (Wildman–Crippen LogP) is 2.77. The van der Waals surface area contributed by atoms with E-state index in [1.165, 1.54) is 0 Å². The second-order valence-corrected chi connectivity index (χ2v) is 7.94. The largest absolute Gasteiger partial charge is 0.384 e. The molecule has 0 atom stereocenters. The summed E-state index contributed by atoms with van der Waals surface area (Å²) >= 11 is 0. The van der Waals surface area contributed by atoms with Crippen LogP contribution in [0.4, 0.5) is 5.82 Å². The lowest BCUT2D eigenvalue weighted by atomic mass is 10.1. The normalized spacial score (nSPS) is 14.5. The molecule has 2 N–H and O–H groups in total. The van der Waals surface area contributed by atoms with Gasteiger partial charge in [-0.15, -0.1) is 0 Å². The van der Waals surface area contributed by atoms with E-state index in [1.54, 1.807) is 7.11 Å². The Morgan fingerprint density at radius 2 is 1.97 bits per heavy atom. The molecule has 1 aliphatic heterocycles. The van der Waals surface area contributed by atoms with Gasteiger partial charge in [0.1, 0.15) is 11.3 Å². The number of carbonyl (C=O) groups is 1. The maximum atomic E-state index is 12.3. The maximum absolute atomic E-state index is 12.3. The summed E-state index contributed by atoms with van der Waals surface area (Å²) in [4.78, 5) is 23.6. The van der Waals surface area contributed by atoms with E-state index in [2.05, 4.69) is 15.6 Å². The average molecular weight is 426 g/mol. The van der Waals surface area contributed by atoms with Gasteiger partial charge in [0.15, 0.2) is 5.82 Å². The van der Waals surface area contributed by atoms with E-state index in [0.29, 0.717) is 51.6 Å². The standard InChI is InChI=1S/C23H31N5O3/c1-30-14-10-19-26-21-22(17-7-4-5-8-18(17)25-23(21)24)28(19)11-6-2-3-9-20(29)27-12-15-31-16-13-27/h4-5,7-8H,2-3,6,9-16H2,1H3,(H2,24,25). The SMILES string of the molecule is COCCc1nc2c(N)nc3ccccc3c2n1CCCCCC(=O)N1CCOCC1. The highest BCUT2D eigenvalue weighted by molar-refractivity contribution is 6.06. The zero-order valence-corrected chi connectivity index (χ0v) is 18.2. The van der Waals surface area contributed by atoms with Crippen molar-refractivity contribution in [2.45, 2.75) is 38.6 Å². The first-order valence-corrected chi connectivity index (χ1v) is 11.1. The predicted molar refractivity (Wildman–Crippen MR) is 121 cm³/mol. The summed E-state index contributed by atoms with van der Waals surface area (Å²) in [5.74, 6) is 1.66. The number of amides is 1. The molecule has 31 heavy (non-hydrogen) atoms. The number of para-hydroxylation sites is 1. The third kappa shape index (κ3) is 4.80. The fraction of sp³-hybridized carbons (Fsp3) is 0.522. The zero-order valence-electron chi connectivity index (χ0n) is 18.2. The lowest BCUT2D eigenvalue weighted by molar-refractivity contribution is -0.135. The van der Waals surface area contributed by atoms with Gasteiger partial charge in [-0.1, -0.05) is 24.6 Å². The Balaban J connectivity index is 1.47. The van der Waals surface area contributed by atoms with Crippen LogP contribution in [-0.2, 0) is 27.2 Å². The second kappa shape index (κ2) is 10.1. The van der Waals surface area contributed by atoms with E-state index in [4.69, 9.17) is 20.2 Å². The third-order valence-electron chi connectivity index (χ3n) is 5.86. The van der Waals surface area contributed by atoms with Gasteiger partial charge in [0, 0.05) is 45.0 Å². The van der Waals surface area contributed by atoms with Gasteiger partial charge in [-0.05, 0) is 18.9 Å². The van der Waals surface area contributed by atoms with Crippen LogP contribution in [0.2, 0.25) is 0 Å². The summed E-state index contributed by atoms with van der Waals surface area (Å²) in [6.45, 7) is 4.15. The summed E-state index contributed by atoms with van der Waals surface area (Å²) in [7, 11) is 1.70. The zero-order chi connectivity index (χ0) is 21.6. The number of fused-ring (bicyclic) bond motifs is 3. The van der Waals surface area contributed by atoms with Gasteiger partial charge in [0.2, 0.25) is 5.91 Å². The molecule has 0 radical (unpaired) electrons. The van der Waals surface area contributed by atoms with E-state index in [9.17, 15) is 4.79 Å². The summed E-state index contributed by atoms with van der Waals surface area (Å²) in [5.41, 5.74) is 8.92. The number of unbranched alkanes of at least 4 members (excludes halogenated alkanes) is 2. The number of hydrogen-bond donors (Lipinski definition) is 1. The summed E-state index contributed by atoms with van der Waals surface area (Å²) in [6.07, 6.45) is 4.16. The Kier molecular flexibility index (Phi) is 6.99. The summed E-state index contributed by atoms with van der Waals surface area (Å²) in [6, 6.07) is 8.04. The van der Waals surface area contributed by atoms with Crippen molar-refractivity contribution >= 4 is 33.7 Å². The molecule has 1 amide bonds. The minimum absolute atomic E-state index is 0.238. The van der Waals surface area contributed by atoms with Crippen LogP contribution in [0.15, 0.2) is 24.3 Å². The van der Waals surface area contributed by atoms with Crippen LogP contribution < -0.4 is 5.73 Å². The Morgan fingerprint density at radius 1 is 1.16 bits per heavy atom. The number of anilines is 1. The molecule has 2 aromatic heterocycles. The number of hydrogen-bond acceptors (Lipinski definition) is 6. The van der Waals surface area contributed by atoms with Gasteiger partial charge in [0.05, 0.1) is 30.9 Å². The number of nitrogen functional groups attached to an aromatic ring is 1. The van der Waals surface area contributed by atoms with Crippen LogP contribution in [0.1, 0.15) is 31.5 Å². The van der Waals surface area contributed by atoms with Crippen LogP contribution >= 0.6 is 0 Å². The fourth-order valence-corrected chi connectivity index (χ4v) is 4.22. The topological polar surface area (TPSA) is 95.5 Å². The van der Waals surface area contributed by atoms with E-state index in [1.807, 2.05) is 23.1 Å². The number of imidazole rings is 1. The Labute approximate surface area is 182 Å². The number of methoxy groups -OCH3 is 1. The molecule has 1 aliphatic rings. The highest BCUT2D eigenvalue weighted by atomic mass is 16.5. The number of aryl methyl sites for hydroxylation is 1. The second-order valence-electron chi connectivity index (χ2n) is 7.94. The lowest BCUT2D eigenvalue weighted by Crippen LogP contribution is -2.40. The van der Waals surface area contributed by atoms with Crippen molar-refractivity contribution in [3.8, 4) is 0 Å². The minimum atomic E-state index is 0.238. The van der Waals surface area contributed by atoms with Crippen LogP contribution in [-0.4, -0.2) is 65.4 Å². The van der Waals surface area contributed by atoms with Crippen LogP contribution in [0, 0.1) is 0 Å². The van der Waals surface area contributed by atoms with Crippen molar-refractivity contribution < 1.29 is 14.3 Å². The molecule has 3 heterocycles. The number of pyridine rings is 1. The highest BCUT2D eigenvalue weighted by Crippen LogP contribution is 2.29. The van der Waals surface area contributed by atoms with Crippen molar-refractivity contribution in [1.82, 2.24) is 19.4 Å². The Bertz CT molecular complexity index is 1040. The molecule has 1 aromatic carbocycles. The van der Waals surface area contributed by atoms with E-state index in [-0.39, 0.29) is 5.91 Å². The van der Waals surface area contributed by atoms with Crippen molar-refractivity contribution in [1.29, 1.82) is 0 Å². The van der Waals surface area contributed by atoms with Crippen LogP contribution in [0.5, 0.6) is 0 Å². The number of ether oxygens (including phenoxy) is 2. The van der Waals surface area contributed by atoms with Crippen molar-refractivity contribution in [2.24, 2.45) is 0 Å². The Hall–Kier alpha value is -2.71. The molecule has 1 saturated heterocycles. The molecule has 0 unspecified atom stereocenters. The molecule has 8 nitrogen and oxygen atoms in total. The molecule has 0 saturated carbocycles. The number of aromatic nitrogens is 3. The number of rotatable bonds is 9. The van der Waals surface area contributed by atoms with Crippen molar-refractivity contribution in [3.63, 3.8) is 0 Å². The number of nitrogens with two attached hydrogens (primary N) is 1. The number of carbonyl (C=O) groups excluding carboxylic acids is 1. The number of benzene rings is 1. The molecule has 0 aliphatic carbocycles.